The van der Waals surface area contributed by atoms with Gasteiger partial charge in [0.2, 0.25) is 78.2 Å². The summed E-state index contributed by atoms with van der Waals surface area (Å²) in [5, 5.41) is 41.7. The van der Waals surface area contributed by atoms with Crippen LogP contribution in [0.15, 0.2) is 117 Å². The highest BCUT2D eigenvalue weighted by atomic mass is 32.2. The zero-order valence-electron chi connectivity index (χ0n) is 74.0. The van der Waals surface area contributed by atoms with Crippen LogP contribution in [0.3, 0.4) is 0 Å². The lowest BCUT2D eigenvalue weighted by Gasteiger charge is -2.20. The maximum absolute atomic E-state index is 14.0. The van der Waals surface area contributed by atoms with E-state index in [-0.39, 0.29) is 132 Å². The van der Waals surface area contributed by atoms with Gasteiger partial charge >= 0.3 is 11.9 Å². The first-order chi connectivity index (χ1) is 61.1. The first kappa shape index (κ1) is 101. The van der Waals surface area contributed by atoms with Gasteiger partial charge in [-0.05, 0) is 151 Å². The van der Waals surface area contributed by atoms with Gasteiger partial charge in [0.25, 0.3) is 11.8 Å². The van der Waals surface area contributed by atoms with Crippen LogP contribution in [0.25, 0.3) is 21.8 Å². The molecule has 0 aliphatic carbocycles. The minimum Gasteiger partial charge on any atom is -0.480 e. The van der Waals surface area contributed by atoms with Crippen LogP contribution in [0.4, 0.5) is 11.9 Å². The van der Waals surface area contributed by atoms with E-state index in [0.717, 1.165) is 29.4 Å². The summed E-state index contributed by atoms with van der Waals surface area (Å²) in [6.07, 6.45) is 12.3. The number of ether oxygens (including phenoxy) is 3. The van der Waals surface area contributed by atoms with Crippen LogP contribution in [-0.2, 0) is 113 Å². The lowest BCUT2D eigenvalue weighted by molar-refractivity contribution is -0.142. The minimum absolute atomic E-state index is 0.0206. The number of methoxy groups -OCH3 is 1. The molecule has 8 aromatic rings. The monoisotopic (exact) mass is 1810 g/mol. The second-order valence-corrected chi connectivity index (χ2v) is 34.4. The average molecular weight is 1820 g/mol. The number of fused-ring (bicyclic) bond motifs is 2. The van der Waals surface area contributed by atoms with Crippen LogP contribution in [0.2, 0.25) is 0 Å². The largest absolute Gasteiger partial charge is 0.480 e. The second kappa shape index (κ2) is 49.7. The Balaban J connectivity index is 0.646. The number of likely N-dealkylation sites (N-methyl/N-ethyl adjacent to an activating group) is 1. The van der Waals surface area contributed by atoms with Gasteiger partial charge in [0.15, 0.2) is 0 Å². The summed E-state index contributed by atoms with van der Waals surface area (Å²) in [7, 11) is -2.30. The van der Waals surface area contributed by atoms with E-state index in [1.165, 1.54) is 12.4 Å². The zero-order chi connectivity index (χ0) is 93.2. The van der Waals surface area contributed by atoms with E-state index in [0.29, 0.717) is 149 Å². The Morgan fingerprint density at radius 3 is 1.18 bits per heavy atom. The van der Waals surface area contributed by atoms with Crippen LogP contribution >= 0.6 is 0 Å². The Morgan fingerprint density at radius 1 is 0.461 bits per heavy atom. The smallest absolute Gasteiger partial charge is 0.325 e. The van der Waals surface area contributed by atoms with Crippen molar-refractivity contribution in [3.63, 3.8) is 0 Å². The fourth-order valence-electron chi connectivity index (χ4n) is 14.4. The molecule has 0 aliphatic rings. The molecule has 0 saturated heterocycles. The van der Waals surface area contributed by atoms with Crippen molar-refractivity contribution < 1.29 is 84.1 Å². The Morgan fingerprint density at radius 2 is 0.820 bits per heavy atom. The quantitative estimate of drug-likeness (QED) is 0.0192. The Kier molecular flexibility index (Phi) is 39.3. The number of aryl methyl sites for hydroxylation is 10. The van der Waals surface area contributed by atoms with Gasteiger partial charge < -0.3 is 96.1 Å². The first-order valence-corrected chi connectivity index (χ1v) is 45.3. The number of nitrogens with zero attached hydrogens (tertiary/aromatic N) is 6. The number of pyridine rings is 2. The van der Waals surface area contributed by atoms with Gasteiger partial charge in [0, 0.05) is 199 Å². The first-order valence-electron chi connectivity index (χ1n) is 42.3. The highest BCUT2D eigenvalue weighted by Crippen LogP contribution is 2.25. The molecule has 0 aliphatic heterocycles. The molecule has 0 bridgehead atoms. The number of carbonyl (C=O) groups is 10. The van der Waals surface area contributed by atoms with Gasteiger partial charge in [-0.15, -0.1) is 0 Å². The van der Waals surface area contributed by atoms with Crippen LogP contribution in [0, 0.1) is 41.5 Å². The van der Waals surface area contributed by atoms with E-state index in [1.807, 2.05) is 21.0 Å². The van der Waals surface area contributed by atoms with Crippen LogP contribution in [-0.4, -0.2) is 220 Å². The van der Waals surface area contributed by atoms with E-state index >= 15 is 0 Å². The SMILES string of the molecule is CNC(CCC(=O)NCCCOCCCNC(=O)CCC(=O)NCCCn1cc(C(=O)NC[C@H](NS(=O)(=O)c2c(C)cc(C)cc2C)C(=O)OC)c(=O)c2ccc(CNc3nccn3C)cc21)C(=O)NCCCOCCCNC(=O)CCC(=O)NCCCn1cc(C(=O)NC[C@H](NS(=O)(=O)c2c(C)cc(C)cc2C)C(=O)O)c(=O)c2ccc(CNc3nccn3C)cc21. The lowest BCUT2D eigenvalue weighted by atomic mass is 10.1. The number of carboxylic acids is 1. The molecule has 39 nitrogen and oxygen atoms in total. The molecule has 0 saturated carbocycles. The lowest BCUT2D eigenvalue weighted by Crippen LogP contribution is -2.49. The third-order valence-corrected chi connectivity index (χ3v) is 24.3. The molecule has 0 spiro atoms. The third kappa shape index (κ3) is 30.8. The molecule has 0 fully saturated rings. The summed E-state index contributed by atoms with van der Waals surface area (Å²) in [5.41, 5.74) is 4.03. The number of imidazole rings is 2. The molecule has 1 unspecified atom stereocenters. The number of aromatic nitrogens is 6. The molecule has 14 N–H and O–H groups in total. The minimum atomic E-state index is -4.37. The molecule has 4 aromatic carbocycles. The van der Waals surface area contributed by atoms with Crippen molar-refractivity contribution >= 4 is 113 Å². The van der Waals surface area contributed by atoms with Crippen molar-refractivity contribution in [1.29, 1.82) is 0 Å². The Hall–Kier alpha value is -12.3. The van der Waals surface area contributed by atoms with Crippen molar-refractivity contribution in [2.75, 3.05) is 104 Å². The van der Waals surface area contributed by atoms with Crippen molar-refractivity contribution in [3.05, 3.63) is 174 Å². The summed E-state index contributed by atoms with van der Waals surface area (Å²) in [4.78, 5) is 166. The zero-order valence-corrected chi connectivity index (χ0v) is 75.6. The average Bonchev–Trinajstić information content (AvgIpc) is 0.907. The van der Waals surface area contributed by atoms with E-state index in [4.69, 9.17) is 14.2 Å². The van der Waals surface area contributed by atoms with Crippen LogP contribution in [0.1, 0.15) is 142 Å². The predicted molar refractivity (Wildman–Crippen MR) is 479 cm³/mol. The van der Waals surface area contributed by atoms with Gasteiger partial charge in [-0.2, -0.15) is 9.44 Å². The maximum Gasteiger partial charge on any atom is 0.325 e. The summed E-state index contributed by atoms with van der Waals surface area (Å²) in [6.45, 7) is 12.9. The molecule has 0 radical (unpaired) electrons. The summed E-state index contributed by atoms with van der Waals surface area (Å²) >= 11 is 0. The highest BCUT2D eigenvalue weighted by molar-refractivity contribution is 7.90. The molecule has 4 heterocycles. The molecule has 8 amide bonds. The number of hydrogen-bond acceptors (Lipinski definition) is 24. The predicted octanol–water partition coefficient (Wildman–Crippen LogP) is 2.97. The third-order valence-electron chi connectivity index (χ3n) is 20.8. The van der Waals surface area contributed by atoms with E-state index in [1.54, 1.807) is 145 Å². The van der Waals surface area contributed by atoms with Gasteiger partial charge in [0.05, 0.1) is 34.0 Å². The molecule has 3 atom stereocenters. The van der Waals surface area contributed by atoms with Gasteiger partial charge in [-0.1, -0.05) is 47.5 Å². The number of rotatable bonds is 55. The van der Waals surface area contributed by atoms with Gasteiger partial charge in [-0.25, -0.2) is 26.8 Å². The number of amides is 8. The van der Waals surface area contributed by atoms with Crippen LogP contribution < -0.4 is 78.8 Å². The van der Waals surface area contributed by atoms with Crippen molar-refractivity contribution in [2.24, 2.45) is 14.1 Å². The number of carbonyl (C=O) groups excluding carboxylic acids is 9. The normalized spacial score (nSPS) is 12.2. The van der Waals surface area contributed by atoms with Gasteiger partial charge in [-0.3, -0.25) is 57.5 Å². The van der Waals surface area contributed by atoms with Crippen molar-refractivity contribution in [2.45, 2.75) is 173 Å². The molecule has 8 rings (SSSR count). The number of carboxylic acid groups (broad SMARTS) is 1. The topological polar surface area (TPSA) is 523 Å². The molecular formula is C87H119N19O20S2. The number of benzene rings is 4. The number of anilines is 2. The Labute approximate surface area is 743 Å². The highest BCUT2D eigenvalue weighted by Gasteiger charge is 2.32. The number of sulfonamides is 2. The van der Waals surface area contributed by atoms with E-state index in [9.17, 15) is 79.5 Å². The van der Waals surface area contributed by atoms with Crippen LogP contribution in [0.5, 0.6) is 0 Å². The fourth-order valence-corrected chi connectivity index (χ4v) is 17.7. The van der Waals surface area contributed by atoms with Crippen molar-refractivity contribution in [3.8, 4) is 0 Å². The molecular weight excluding hydrogens is 1700 g/mol. The molecule has 694 valence electrons. The molecule has 41 heteroatoms. The Bertz CT molecular complexity index is 5590. The molecule has 128 heavy (non-hydrogen) atoms. The molecule has 4 aromatic heterocycles. The van der Waals surface area contributed by atoms with Gasteiger partial charge in [0.1, 0.15) is 23.2 Å². The number of nitrogens with one attached hydrogen (secondary N) is 13. The maximum atomic E-state index is 14.0. The summed E-state index contributed by atoms with van der Waals surface area (Å²) < 4.78 is 82.1. The van der Waals surface area contributed by atoms with E-state index < -0.39 is 85.9 Å². The van der Waals surface area contributed by atoms with E-state index in [2.05, 4.69) is 77.9 Å². The summed E-state index contributed by atoms with van der Waals surface area (Å²) in [5.74, 6) is -5.03. The van der Waals surface area contributed by atoms with Crippen molar-refractivity contribution in [1.82, 2.24) is 85.5 Å². The summed E-state index contributed by atoms with van der Waals surface area (Å²) in [6, 6.07) is 13.0. The number of hydrogen-bond donors (Lipinski definition) is 14. The second-order valence-electron chi connectivity index (χ2n) is 31.1. The standard InChI is InChI=1S/C87H119N19O20S2/c1-55-43-57(3)79(58(4)44-55)127(120,121)101-68(84(117)118)51-97-81(114)65-53-105(70-47-61(17-19-63(70)77(65)112)49-99-86-95-33-37-103(86)8)35-11-27-89-73(108)24-26-76(111)93-31-15-41-126-42-16-32-94-83(116)67(88-7)21-22-72(107)91-29-13-39-125-40-14-30-92-75(110)25-23-74(109)90-28-12-36-106-54-66(78(113)64-20-18-62(48-71(64)106)50-100-87-96-34-38-104(87)9)82(115)98-52-69(85(119)124-10)102-128(122,123)80-59(5)45-56(2)46-60(80)6/h17-20,33-34,37-38,43-48,53-54,67-69,88,101-102H,11-16,21-32,35-36,39-42,49-52H2,1-10H3,(H,89,108)(H,90,109)(H,91,107)(H,92,110)(H,93,111)(H,94,116)(H,95,99)(H,96,100)(H,97,114)(H,98,115)(H,117,118)/t67?,68-,69-/m0/s1. The number of esters is 1. The number of aliphatic carboxylic acids is 1. The fraction of sp³-hybridized carbons (Fsp3) is 0.471.